The summed E-state index contributed by atoms with van der Waals surface area (Å²) in [6.45, 7) is 8.55. The van der Waals surface area contributed by atoms with Gasteiger partial charge in [-0.3, -0.25) is 10.3 Å². The Hall–Kier alpha value is -1.26. The maximum atomic E-state index is 7.43. The minimum Gasteiger partial charge on any atom is -0.384 e. The molecule has 0 spiro atoms. The van der Waals surface area contributed by atoms with Crippen molar-refractivity contribution in [3.63, 3.8) is 0 Å². The number of halogens is 1. The SMILES string of the molecule is CCN1CCN(c2ccc(C(=N)N)cc2Cl)CC1C. The lowest BCUT2D eigenvalue weighted by molar-refractivity contribution is 0.199. The van der Waals surface area contributed by atoms with Crippen molar-refractivity contribution in [3.8, 4) is 0 Å². The van der Waals surface area contributed by atoms with Crippen LogP contribution in [0.5, 0.6) is 0 Å². The summed E-state index contributed by atoms with van der Waals surface area (Å²) in [6, 6.07) is 6.13. The Kier molecular flexibility index (Phi) is 4.32. The van der Waals surface area contributed by atoms with Crippen LogP contribution in [0.2, 0.25) is 5.02 Å². The van der Waals surface area contributed by atoms with Gasteiger partial charge in [-0.1, -0.05) is 18.5 Å². The highest BCUT2D eigenvalue weighted by atomic mass is 35.5. The molecule has 5 heteroatoms. The predicted molar refractivity (Wildman–Crippen MR) is 81.4 cm³/mol. The fourth-order valence-electron chi connectivity index (χ4n) is 2.61. The van der Waals surface area contributed by atoms with Gasteiger partial charge in [-0.25, -0.2) is 0 Å². The van der Waals surface area contributed by atoms with Crippen molar-refractivity contribution in [3.05, 3.63) is 28.8 Å². The Balaban J connectivity index is 2.17. The Labute approximate surface area is 119 Å². The lowest BCUT2D eigenvalue weighted by Crippen LogP contribution is -2.51. The van der Waals surface area contributed by atoms with Gasteiger partial charge in [0.05, 0.1) is 10.7 Å². The highest BCUT2D eigenvalue weighted by Gasteiger charge is 2.23. The summed E-state index contributed by atoms with van der Waals surface area (Å²) in [5, 5.41) is 8.10. The van der Waals surface area contributed by atoms with E-state index in [2.05, 4.69) is 23.6 Å². The van der Waals surface area contributed by atoms with Crippen molar-refractivity contribution in [1.82, 2.24) is 4.90 Å². The zero-order valence-corrected chi connectivity index (χ0v) is 12.2. The Morgan fingerprint density at radius 3 is 2.74 bits per heavy atom. The minimum absolute atomic E-state index is 0.0534. The van der Waals surface area contributed by atoms with Crippen molar-refractivity contribution in [1.29, 1.82) is 5.41 Å². The fourth-order valence-corrected chi connectivity index (χ4v) is 2.91. The van der Waals surface area contributed by atoms with Gasteiger partial charge in [-0.15, -0.1) is 0 Å². The third-order valence-corrected chi connectivity index (χ3v) is 4.07. The molecule has 1 aliphatic rings. The van der Waals surface area contributed by atoms with E-state index in [1.807, 2.05) is 12.1 Å². The van der Waals surface area contributed by atoms with E-state index in [-0.39, 0.29) is 5.84 Å². The largest absolute Gasteiger partial charge is 0.384 e. The number of benzene rings is 1. The van der Waals surface area contributed by atoms with E-state index in [0.29, 0.717) is 16.6 Å². The first-order chi connectivity index (χ1) is 9.02. The number of amidine groups is 1. The number of nitrogens with one attached hydrogen (secondary N) is 1. The molecule has 2 rings (SSSR count). The quantitative estimate of drug-likeness (QED) is 0.659. The lowest BCUT2D eigenvalue weighted by atomic mass is 10.1. The van der Waals surface area contributed by atoms with Crippen LogP contribution >= 0.6 is 11.6 Å². The number of nitrogens with zero attached hydrogens (tertiary/aromatic N) is 2. The number of piperazine rings is 1. The van der Waals surface area contributed by atoms with E-state index in [1.54, 1.807) is 6.07 Å². The maximum absolute atomic E-state index is 7.43. The van der Waals surface area contributed by atoms with Gasteiger partial charge in [-0.05, 0) is 31.7 Å². The monoisotopic (exact) mass is 280 g/mol. The average molecular weight is 281 g/mol. The number of nitrogens with two attached hydrogens (primary N) is 1. The van der Waals surface area contributed by atoms with Crippen LogP contribution in [0.3, 0.4) is 0 Å². The van der Waals surface area contributed by atoms with E-state index in [4.69, 9.17) is 22.7 Å². The molecule has 1 aromatic rings. The standard InChI is InChI=1S/C14H21ClN4/c1-3-18-6-7-19(9-10(18)2)13-5-4-11(14(16)17)8-12(13)15/h4-5,8,10H,3,6-7,9H2,1-2H3,(H3,16,17). The van der Waals surface area contributed by atoms with Crippen molar-refractivity contribution in [2.75, 3.05) is 31.1 Å². The molecule has 0 aliphatic carbocycles. The minimum atomic E-state index is 0.0534. The van der Waals surface area contributed by atoms with Gasteiger partial charge < -0.3 is 10.6 Å². The first kappa shape index (κ1) is 14.2. The van der Waals surface area contributed by atoms with Gasteiger partial charge in [0.1, 0.15) is 5.84 Å². The number of anilines is 1. The van der Waals surface area contributed by atoms with Crippen LogP contribution in [-0.4, -0.2) is 43.0 Å². The van der Waals surface area contributed by atoms with Crippen molar-refractivity contribution in [2.45, 2.75) is 19.9 Å². The highest BCUT2D eigenvalue weighted by Crippen LogP contribution is 2.28. The van der Waals surface area contributed by atoms with E-state index in [1.165, 1.54) is 0 Å². The van der Waals surface area contributed by atoms with E-state index >= 15 is 0 Å². The summed E-state index contributed by atoms with van der Waals surface area (Å²) in [7, 11) is 0. The highest BCUT2D eigenvalue weighted by molar-refractivity contribution is 6.33. The number of likely N-dealkylation sites (N-methyl/N-ethyl adjacent to an activating group) is 1. The van der Waals surface area contributed by atoms with Crippen LogP contribution in [0, 0.1) is 5.41 Å². The zero-order valence-electron chi connectivity index (χ0n) is 11.5. The summed E-state index contributed by atoms with van der Waals surface area (Å²) in [5.74, 6) is 0.0534. The Morgan fingerprint density at radius 2 is 2.21 bits per heavy atom. The summed E-state index contributed by atoms with van der Waals surface area (Å²) >= 11 is 6.32. The molecule has 3 N–H and O–H groups in total. The molecule has 1 aliphatic heterocycles. The molecule has 4 nitrogen and oxygen atoms in total. The van der Waals surface area contributed by atoms with Gasteiger partial charge in [0.2, 0.25) is 0 Å². The number of rotatable bonds is 3. The fraction of sp³-hybridized carbons (Fsp3) is 0.500. The summed E-state index contributed by atoms with van der Waals surface area (Å²) in [6.07, 6.45) is 0. The van der Waals surface area contributed by atoms with E-state index < -0.39 is 0 Å². The second-order valence-electron chi connectivity index (χ2n) is 5.00. The predicted octanol–water partition coefficient (Wildman–Crippen LogP) is 2.15. The normalized spacial score (nSPS) is 20.6. The third-order valence-electron chi connectivity index (χ3n) is 3.77. The van der Waals surface area contributed by atoms with Gasteiger partial charge in [0.15, 0.2) is 0 Å². The number of hydrogen-bond acceptors (Lipinski definition) is 3. The molecule has 0 saturated carbocycles. The van der Waals surface area contributed by atoms with Crippen LogP contribution in [0.4, 0.5) is 5.69 Å². The second kappa shape index (κ2) is 5.80. The summed E-state index contributed by atoms with van der Waals surface area (Å²) in [4.78, 5) is 4.78. The van der Waals surface area contributed by atoms with Crippen LogP contribution in [0.25, 0.3) is 0 Å². The molecule has 0 amide bonds. The first-order valence-corrected chi connectivity index (χ1v) is 7.03. The molecule has 0 radical (unpaired) electrons. The molecule has 1 unspecified atom stereocenters. The zero-order chi connectivity index (χ0) is 14.0. The van der Waals surface area contributed by atoms with Crippen LogP contribution < -0.4 is 10.6 Å². The van der Waals surface area contributed by atoms with E-state index in [9.17, 15) is 0 Å². The number of nitrogen functional groups attached to an aromatic ring is 1. The molecule has 1 saturated heterocycles. The van der Waals surface area contributed by atoms with Gasteiger partial charge in [0.25, 0.3) is 0 Å². The average Bonchev–Trinajstić information content (AvgIpc) is 2.38. The smallest absolute Gasteiger partial charge is 0.122 e. The van der Waals surface area contributed by atoms with Gasteiger partial charge in [0, 0.05) is 31.2 Å². The second-order valence-corrected chi connectivity index (χ2v) is 5.41. The summed E-state index contributed by atoms with van der Waals surface area (Å²) < 4.78 is 0. The molecule has 1 heterocycles. The van der Waals surface area contributed by atoms with Crippen LogP contribution in [-0.2, 0) is 0 Å². The lowest BCUT2D eigenvalue weighted by Gasteiger charge is -2.40. The Morgan fingerprint density at radius 1 is 1.47 bits per heavy atom. The molecular weight excluding hydrogens is 260 g/mol. The van der Waals surface area contributed by atoms with E-state index in [0.717, 1.165) is 31.9 Å². The maximum Gasteiger partial charge on any atom is 0.122 e. The molecule has 1 atom stereocenters. The molecular formula is C14H21ClN4. The van der Waals surface area contributed by atoms with Gasteiger partial charge >= 0.3 is 0 Å². The topological polar surface area (TPSA) is 56.4 Å². The molecule has 104 valence electrons. The van der Waals surface area contributed by atoms with Crippen molar-refractivity contribution < 1.29 is 0 Å². The molecule has 1 fully saturated rings. The molecule has 0 aromatic heterocycles. The Bertz CT molecular complexity index is 475. The van der Waals surface area contributed by atoms with Gasteiger partial charge in [-0.2, -0.15) is 0 Å². The van der Waals surface area contributed by atoms with Crippen molar-refractivity contribution >= 4 is 23.1 Å². The third kappa shape index (κ3) is 3.01. The molecule has 19 heavy (non-hydrogen) atoms. The summed E-state index contributed by atoms with van der Waals surface area (Å²) in [5.41, 5.74) is 7.19. The van der Waals surface area contributed by atoms with Crippen LogP contribution in [0.15, 0.2) is 18.2 Å². The molecule has 1 aromatic carbocycles. The van der Waals surface area contributed by atoms with Crippen LogP contribution in [0.1, 0.15) is 19.4 Å². The number of hydrogen-bond donors (Lipinski definition) is 2. The first-order valence-electron chi connectivity index (χ1n) is 6.66. The molecule has 0 bridgehead atoms. The van der Waals surface area contributed by atoms with Crippen molar-refractivity contribution in [2.24, 2.45) is 5.73 Å².